The van der Waals surface area contributed by atoms with Crippen LogP contribution in [0.4, 0.5) is 0 Å². The van der Waals surface area contributed by atoms with Crippen LogP contribution in [-0.4, -0.2) is 0 Å². The summed E-state index contributed by atoms with van der Waals surface area (Å²) < 4.78 is 0. The van der Waals surface area contributed by atoms with E-state index >= 15 is 0 Å². The average Bonchev–Trinajstić information content (AvgIpc) is 2.53. The summed E-state index contributed by atoms with van der Waals surface area (Å²) >= 11 is 0. The Labute approximate surface area is 155 Å². The zero-order valence-electron chi connectivity index (χ0n) is 17.5. The highest BCUT2D eigenvalue weighted by Crippen LogP contribution is 2.32. The molecule has 0 nitrogen and oxygen atoms in total. The molecular weight excluding hydrogens is 300 g/mol. The van der Waals surface area contributed by atoms with Gasteiger partial charge in [0.1, 0.15) is 0 Å². The largest absolute Gasteiger partial charge is 0.0617 e. The Bertz CT molecular complexity index is 702. The Balaban J connectivity index is 2.47. The van der Waals surface area contributed by atoms with Gasteiger partial charge in [0.15, 0.2) is 0 Å². The molecule has 0 aromatic heterocycles. The topological polar surface area (TPSA) is 0 Å². The zero-order chi connectivity index (χ0) is 18.7. The molecule has 0 N–H and O–H groups in total. The van der Waals surface area contributed by atoms with Gasteiger partial charge in [-0.05, 0) is 63.5 Å². The molecular formula is C25H36. The molecule has 0 saturated carbocycles. The summed E-state index contributed by atoms with van der Waals surface area (Å²) in [6.07, 6.45) is 1.03. The zero-order valence-corrected chi connectivity index (χ0v) is 17.5. The van der Waals surface area contributed by atoms with E-state index in [2.05, 4.69) is 91.8 Å². The molecule has 0 atom stereocenters. The molecule has 25 heavy (non-hydrogen) atoms. The molecule has 0 radical (unpaired) electrons. The van der Waals surface area contributed by atoms with Crippen LogP contribution < -0.4 is 0 Å². The summed E-state index contributed by atoms with van der Waals surface area (Å²) in [6.45, 7) is 18.5. The number of benzene rings is 2. The van der Waals surface area contributed by atoms with Gasteiger partial charge in [0.2, 0.25) is 0 Å². The second kappa shape index (κ2) is 8.21. The molecule has 0 bridgehead atoms. The Morgan fingerprint density at radius 2 is 1.20 bits per heavy atom. The first-order valence-corrected chi connectivity index (χ1v) is 9.96. The van der Waals surface area contributed by atoms with E-state index in [0.717, 1.165) is 6.42 Å². The van der Waals surface area contributed by atoms with E-state index in [9.17, 15) is 0 Å². The van der Waals surface area contributed by atoms with E-state index < -0.39 is 0 Å². The monoisotopic (exact) mass is 336 g/mol. The SMILES string of the molecule is CC(C)c1ccc(Cc2cccc(C(C)C)c2C(C)C)cc1C(C)C. The minimum atomic E-state index is 0.563. The summed E-state index contributed by atoms with van der Waals surface area (Å²) in [5.41, 5.74) is 9.01. The van der Waals surface area contributed by atoms with Gasteiger partial charge in [-0.2, -0.15) is 0 Å². The van der Waals surface area contributed by atoms with E-state index in [0.29, 0.717) is 23.7 Å². The summed E-state index contributed by atoms with van der Waals surface area (Å²) in [6, 6.07) is 14.0. The summed E-state index contributed by atoms with van der Waals surface area (Å²) in [7, 11) is 0. The average molecular weight is 337 g/mol. The van der Waals surface area contributed by atoms with Crippen LogP contribution in [0.3, 0.4) is 0 Å². The molecule has 0 fully saturated rings. The maximum atomic E-state index is 2.45. The highest BCUT2D eigenvalue weighted by atomic mass is 14.2. The Kier molecular flexibility index (Phi) is 6.49. The van der Waals surface area contributed by atoms with Crippen molar-refractivity contribution in [1.29, 1.82) is 0 Å². The van der Waals surface area contributed by atoms with Crippen molar-refractivity contribution in [1.82, 2.24) is 0 Å². The van der Waals surface area contributed by atoms with Gasteiger partial charge in [0, 0.05) is 0 Å². The Morgan fingerprint density at radius 1 is 0.600 bits per heavy atom. The van der Waals surface area contributed by atoms with E-state index in [-0.39, 0.29) is 0 Å². The van der Waals surface area contributed by atoms with E-state index in [4.69, 9.17) is 0 Å². The molecule has 136 valence electrons. The highest BCUT2D eigenvalue weighted by Gasteiger charge is 2.16. The number of rotatable bonds is 6. The van der Waals surface area contributed by atoms with Crippen molar-refractivity contribution < 1.29 is 0 Å². The van der Waals surface area contributed by atoms with Crippen molar-refractivity contribution in [3.63, 3.8) is 0 Å². The lowest BCUT2D eigenvalue weighted by molar-refractivity contribution is 0.775. The Morgan fingerprint density at radius 3 is 1.72 bits per heavy atom. The molecule has 0 aliphatic rings. The predicted molar refractivity (Wildman–Crippen MR) is 112 cm³/mol. The van der Waals surface area contributed by atoms with Crippen LogP contribution in [-0.2, 0) is 6.42 Å². The fraction of sp³-hybridized carbons (Fsp3) is 0.520. The molecule has 0 heteroatoms. The van der Waals surface area contributed by atoms with Crippen LogP contribution in [0.25, 0.3) is 0 Å². The van der Waals surface area contributed by atoms with Crippen molar-refractivity contribution in [2.24, 2.45) is 0 Å². The second-order valence-corrected chi connectivity index (χ2v) is 8.68. The lowest BCUT2D eigenvalue weighted by atomic mass is 9.83. The van der Waals surface area contributed by atoms with Gasteiger partial charge in [0.25, 0.3) is 0 Å². The third-order valence-electron chi connectivity index (χ3n) is 5.22. The molecule has 0 heterocycles. The van der Waals surface area contributed by atoms with Gasteiger partial charge < -0.3 is 0 Å². The van der Waals surface area contributed by atoms with Crippen molar-refractivity contribution >= 4 is 0 Å². The molecule has 2 rings (SSSR count). The van der Waals surface area contributed by atoms with Crippen LogP contribution in [0.5, 0.6) is 0 Å². The minimum Gasteiger partial charge on any atom is -0.0617 e. The first-order chi connectivity index (χ1) is 11.7. The van der Waals surface area contributed by atoms with E-state index in [1.807, 2.05) is 0 Å². The van der Waals surface area contributed by atoms with Crippen LogP contribution in [0.15, 0.2) is 36.4 Å². The molecule has 0 unspecified atom stereocenters. The van der Waals surface area contributed by atoms with Gasteiger partial charge in [-0.15, -0.1) is 0 Å². The molecule has 0 amide bonds. The normalized spacial score (nSPS) is 12.0. The van der Waals surface area contributed by atoms with Crippen LogP contribution in [0, 0.1) is 0 Å². The molecule has 2 aromatic rings. The van der Waals surface area contributed by atoms with Crippen LogP contribution in [0.1, 0.15) is 112 Å². The van der Waals surface area contributed by atoms with Gasteiger partial charge in [-0.1, -0.05) is 91.8 Å². The smallest absolute Gasteiger partial charge is 0.00227 e. The number of hydrogen-bond acceptors (Lipinski definition) is 0. The molecule has 0 aliphatic carbocycles. The molecule has 0 aliphatic heterocycles. The number of hydrogen-bond donors (Lipinski definition) is 0. The van der Waals surface area contributed by atoms with Gasteiger partial charge in [-0.25, -0.2) is 0 Å². The third-order valence-corrected chi connectivity index (χ3v) is 5.22. The van der Waals surface area contributed by atoms with Crippen molar-refractivity contribution in [2.75, 3.05) is 0 Å². The first kappa shape index (κ1) is 19.8. The summed E-state index contributed by atoms with van der Waals surface area (Å²) in [4.78, 5) is 0. The van der Waals surface area contributed by atoms with E-state index in [1.165, 1.54) is 27.8 Å². The van der Waals surface area contributed by atoms with E-state index in [1.54, 1.807) is 5.56 Å². The lowest BCUT2D eigenvalue weighted by Gasteiger charge is -2.21. The predicted octanol–water partition coefficient (Wildman–Crippen LogP) is 7.77. The Hall–Kier alpha value is -1.56. The van der Waals surface area contributed by atoms with Crippen LogP contribution in [0.2, 0.25) is 0 Å². The van der Waals surface area contributed by atoms with Gasteiger partial charge in [0.05, 0.1) is 0 Å². The minimum absolute atomic E-state index is 0.563. The van der Waals surface area contributed by atoms with Crippen LogP contribution >= 0.6 is 0 Å². The summed E-state index contributed by atoms with van der Waals surface area (Å²) in [5.74, 6) is 2.30. The lowest BCUT2D eigenvalue weighted by Crippen LogP contribution is -2.05. The molecule has 0 spiro atoms. The second-order valence-electron chi connectivity index (χ2n) is 8.68. The standard InChI is InChI=1S/C25H36/c1-16(2)22-13-12-20(15-24(22)18(5)6)14-21-10-9-11-23(17(3)4)25(21)19(7)8/h9-13,15-19H,14H2,1-8H3. The van der Waals surface area contributed by atoms with Crippen molar-refractivity contribution in [3.8, 4) is 0 Å². The molecule has 0 saturated heterocycles. The van der Waals surface area contributed by atoms with Gasteiger partial charge >= 0.3 is 0 Å². The molecule has 2 aromatic carbocycles. The van der Waals surface area contributed by atoms with Crippen molar-refractivity contribution in [3.05, 3.63) is 69.8 Å². The quantitative estimate of drug-likeness (QED) is 0.505. The fourth-order valence-electron chi connectivity index (χ4n) is 3.97. The highest BCUT2D eigenvalue weighted by molar-refractivity contribution is 5.44. The van der Waals surface area contributed by atoms with Crippen molar-refractivity contribution in [2.45, 2.75) is 85.5 Å². The maximum Gasteiger partial charge on any atom is -0.00227 e. The summed E-state index contributed by atoms with van der Waals surface area (Å²) in [5, 5.41) is 0. The fourth-order valence-corrected chi connectivity index (χ4v) is 3.97. The maximum absolute atomic E-state index is 2.45. The van der Waals surface area contributed by atoms with Gasteiger partial charge in [-0.3, -0.25) is 0 Å². The first-order valence-electron chi connectivity index (χ1n) is 9.96. The third kappa shape index (κ3) is 4.54.